The van der Waals surface area contributed by atoms with Crippen molar-refractivity contribution < 1.29 is 0 Å². The first-order chi connectivity index (χ1) is 13.8. The third-order valence-electron chi connectivity index (χ3n) is 7.33. The van der Waals surface area contributed by atoms with Gasteiger partial charge in [-0.1, -0.05) is 31.1 Å². The lowest BCUT2D eigenvalue weighted by molar-refractivity contribution is 0.258. The highest BCUT2D eigenvalue weighted by Crippen LogP contribution is 2.40. The Morgan fingerprint density at radius 2 is 2.00 bits per heavy atom. The zero-order chi connectivity index (χ0) is 21.4. The lowest BCUT2D eigenvalue weighted by Gasteiger charge is -2.33. The monoisotopic (exact) mass is 397 g/mol. The number of nitrogens with zero attached hydrogens (tertiary/aromatic N) is 2. The molecule has 2 N–H and O–H groups in total. The number of aliphatic imine (C=N–C) groups is 2. The predicted octanol–water partition coefficient (Wildman–Crippen LogP) is 6.66. The van der Waals surface area contributed by atoms with Gasteiger partial charge in [0.05, 0.1) is 5.54 Å². The molecule has 0 saturated heterocycles. The van der Waals surface area contributed by atoms with Crippen molar-refractivity contribution in [1.82, 2.24) is 0 Å². The molecule has 2 aliphatic carbocycles. The summed E-state index contributed by atoms with van der Waals surface area (Å²) in [5, 5.41) is 0. The van der Waals surface area contributed by atoms with E-state index in [2.05, 4.69) is 58.5 Å². The Balaban J connectivity index is 1.90. The van der Waals surface area contributed by atoms with E-state index >= 15 is 0 Å². The van der Waals surface area contributed by atoms with Crippen LogP contribution in [0.15, 0.2) is 44.6 Å². The van der Waals surface area contributed by atoms with Crippen LogP contribution in [0.2, 0.25) is 0 Å². The van der Waals surface area contributed by atoms with Crippen LogP contribution in [0.1, 0.15) is 86.0 Å². The van der Waals surface area contributed by atoms with E-state index in [9.17, 15) is 0 Å². The fourth-order valence-corrected chi connectivity index (χ4v) is 4.89. The number of rotatable bonds is 8. The van der Waals surface area contributed by atoms with Crippen LogP contribution in [0.5, 0.6) is 0 Å². The molecular weight excluding hydrogens is 354 g/mol. The summed E-state index contributed by atoms with van der Waals surface area (Å²) in [6, 6.07) is 0. The Labute approximate surface area is 179 Å². The molecule has 0 bridgehead atoms. The summed E-state index contributed by atoms with van der Waals surface area (Å²) in [5.74, 6) is 1.73. The Kier molecular flexibility index (Phi) is 9.07. The zero-order valence-corrected chi connectivity index (χ0v) is 19.5. The molecule has 0 spiro atoms. The quantitative estimate of drug-likeness (QED) is 0.361. The standard InChI is InChI=1S/C26H43N3/c1-7-23-17-24(21(4)25(28-6)20(23)3)10-8-9-19(2)13-16-29-26(5)14-11-22(18-27)12-15-26/h10,13,16,21-23H,6-9,11-12,14-15,17-18,27H2,1-5H3/b19-13+,24-10-,29-16?. The highest BCUT2D eigenvalue weighted by Gasteiger charge is 2.29. The van der Waals surface area contributed by atoms with Crippen molar-refractivity contribution in [2.24, 2.45) is 33.5 Å². The van der Waals surface area contributed by atoms with Gasteiger partial charge in [0.25, 0.3) is 0 Å². The molecular formula is C26H43N3. The maximum Gasteiger partial charge on any atom is 0.0580 e. The van der Waals surface area contributed by atoms with Gasteiger partial charge in [-0.25, -0.2) is 0 Å². The van der Waals surface area contributed by atoms with Gasteiger partial charge >= 0.3 is 0 Å². The molecule has 0 aliphatic heterocycles. The van der Waals surface area contributed by atoms with Gasteiger partial charge in [0, 0.05) is 17.8 Å². The van der Waals surface area contributed by atoms with Gasteiger partial charge in [0.1, 0.15) is 0 Å². The van der Waals surface area contributed by atoms with Crippen molar-refractivity contribution in [2.45, 2.75) is 91.5 Å². The van der Waals surface area contributed by atoms with Crippen LogP contribution in [0.3, 0.4) is 0 Å². The van der Waals surface area contributed by atoms with Gasteiger partial charge < -0.3 is 5.73 Å². The number of allylic oxidation sites excluding steroid dienone is 5. The van der Waals surface area contributed by atoms with Crippen LogP contribution < -0.4 is 5.73 Å². The molecule has 1 saturated carbocycles. The molecule has 162 valence electrons. The SMILES string of the molecule is C=NC1=C(C)C(CC)C/C(=C/CC/C(C)=C/C=NC2(C)CCC(CN)CC2)C1C. The Morgan fingerprint density at radius 1 is 1.31 bits per heavy atom. The van der Waals surface area contributed by atoms with E-state index in [0.717, 1.165) is 32.2 Å². The molecule has 29 heavy (non-hydrogen) atoms. The number of hydrogen-bond acceptors (Lipinski definition) is 3. The minimum Gasteiger partial charge on any atom is -0.330 e. The molecule has 0 aromatic carbocycles. The summed E-state index contributed by atoms with van der Waals surface area (Å²) in [6.07, 6.45) is 16.0. The van der Waals surface area contributed by atoms with Crippen molar-refractivity contribution in [1.29, 1.82) is 0 Å². The normalized spacial score (nSPS) is 33.0. The molecule has 3 nitrogen and oxygen atoms in total. The largest absolute Gasteiger partial charge is 0.330 e. The van der Waals surface area contributed by atoms with Crippen LogP contribution in [0.4, 0.5) is 0 Å². The molecule has 1 fully saturated rings. The molecule has 0 heterocycles. The van der Waals surface area contributed by atoms with Gasteiger partial charge in [-0.3, -0.25) is 9.98 Å². The summed E-state index contributed by atoms with van der Waals surface area (Å²) < 4.78 is 0. The fourth-order valence-electron chi connectivity index (χ4n) is 4.89. The van der Waals surface area contributed by atoms with Crippen LogP contribution in [-0.4, -0.2) is 25.0 Å². The summed E-state index contributed by atoms with van der Waals surface area (Å²) in [6.45, 7) is 15.9. The van der Waals surface area contributed by atoms with Crippen molar-refractivity contribution in [3.05, 3.63) is 34.6 Å². The van der Waals surface area contributed by atoms with E-state index in [1.807, 2.05) is 6.21 Å². The minimum atomic E-state index is 0.107. The first-order valence-electron chi connectivity index (χ1n) is 11.6. The smallest absolute Gasteiger partial charge is 0.0580 e. The number of nitrogens with two attached hydrogens (primary N) is 1. The molecule has 2 unspecified atom stereocenters. The van der Waals surface area contributed by atoms with E-state index in [0.29, 0.717) is 17.8 Å². The van der Waals surface area contributed by atoms with Gasteiger partial charge in [-0.15, -0.1) is 0 Å². The maximum atomic E-state index is 5.81. The van der Waals surface area contributed by atoms with Gasteiger partial charge in [-0.05, 0) is 109 Å². The van der Waals surface area contributed by atoms with Crippen molar-refractivity contribution in [3.63, 3.8) is 0 Å². The second-order valence-corrected chi connectivity index (χ2v) is 9.54. The van der Waals surface area contributed by atoms with Crippen LogP contribution >= 0.6 is 0 Å². The van der Waals surface area contributed by atoms with Crippen LogP contribution in [0.25, 0.3) is 0 Å². The van der Waals surface area contributed by atoms with E-state index in [-0.39, 0.29) is 5.54 Å². The Morgan fingerprint density at radius 3 is 2.59 bits per heavy atom. The molecule has 0 aromatic heterocycles. The first kappa shape index (κ1) is 23.8. The molecule has 0 radical (unpaired) electrons. The summed E-state index contributed by atoms with van der Waals surface area (Å²) in [7, 11) is 0. The third-order valence-corrected chi connectivity index (χ3v) is 7.33. The lowest BCUT2D eigenvalue weighted by Crippen LogP contribution is -2.31. The first-order valence-corrected chi connectivity index (χ1v) is 11.6. The maximum absolute atomic E-state index is 5.81. The molecule has 2 rings (SSSR count). The predicted molar refractivity (Wildman–Crippen MR) is 129 cm³/mol. The average Bonchev–Trinajstić information content (AvgIpc) is 2.70. The highest BCUT2D eigenvalue weighted by molar-refractivity contribution is 5.72. The van der Waals surface area contributed by atoms with Gasteiger partial charge in [-0.2, -0.15) is 0 Å². The Bertz CT molecular complexity index is 672. The lowest BCUT2D eigenvalue weighted by atomic mass is 9.76. The summed E-state index contributed by atoms with van der Waals surface area (Å²) in [4.78, 5) is 9.26. The zero-order valence-electron chi connectivity index (χ0n) is 19.5. The average molecular weight is 398 g/mol. The van der Waals surface area contributed by atoms with E-state index in [1.54, 1.807) is 0 Å². The number of hydrogen-bond donors (Lipinski definition) is 1. The fraction of sp³-hybridized carbons (Fsp3) is 0.692. The molecule has 0 amide bonds. The van der Waals surface area contributed by atoms with E-state index in [1.165, 1.54) is 48.1 Å². The molecule has 3 heteroatoms. The van der Waals surface area contributed by atoms with E-state index < -0.39 is 0 Å². The van der Waals surface area contributed by atoms with Crippen LogP contribution in [-0.2, 0) is 0 Å². The molecule has 0 aromatic rings. The van der Waals surface area contributed by atoms with E-state index in [4.69, 9.17) is 10.7 Å². The van der Waals surface area contributed by atoms with Gasteiger partial charge in [0.15, 0.2) is 0 Å². The highest BCUT2D eigenvalue weighted by atomic mass is 14.8. The third kappa shape index (κ3) is 6.50. The van der Waals surface area contributed by atoms with Crippen LogP contribution in [0, 0.1) is 17.8 Å². The molecule has 2 aliphatic rings. The van der Waals surface area contributed by atoms with Crippen molar-refractivity contribution in [3.8, 4) is 0 Å². The summed E-state index contributed by atoms with van der Waals surface area (Å²) >= 11 is 0. The van der Waals surface area contributed by atoms with Gasteiger partial charge in [0.2, 0.25) is 0 Å². The summed E-state index contributed by atoms with van der Waals surface area (Å²) in [5.41, 5.74) is 11.5. The van der Waals surface area contributed by atoms with Crippen molar-refractivity contribution >= 4 is 12.9 Å². The second-order valence-electron chi connectivity index (χ2n) is 9.54. The minimum absolute atomic E-state index is 0.107. The van der Waals surface area contributed by atoms with Crippen molar-refractivity contribution in [2.75, 3.05) is 6.54 Å². The topological polar surface area (TPSA) is 50.7 Å². The Hall–Kier alpha value is -1.48. The second kappa shape index (κ2) is 11.1. The molecule has 2 atom stereocenters.